The van der Waals surface area contributed by atoms with E-state index in [9.17, 15) is 4.79 Å². The molecule has 33 heavy (non-hydrogen) atoms. The van der Waals surface area contributed by atoms with Crippen molar-refractivity contribution in [3.8, 4) is 0 Å². The summed E-state index contributed by atoms with van der Waals surface area (Å²) in [6, 6.07) is 14.7. The molecule has 7 nitrogen and oxygen atoms in total. The summed E-state index contributed by atoms with van der Waals surface area (Å²) >= 11 is 0. The Labute approximate surface area is 196 Å². The standard InChI is InChI=1S/C26H34N6O/c1-18(2)32-25(11-12-27-32)30-26(33)17-31-13-5-6-21(16-31)24-15-23(14-20(4)28-24)29-22-9-7-19(3)8-10-22/h7-12,14-15,18,21H,5-6,13,16-17H2,1-4H3,(H,28,29)(H,30,33). The van der Waals surface area contributed by atoms with Gasteiger partial charge in [0, 0.05) is 47.3 Å². The summed E-state index contributed by atoms with van der Waals surface area (Å²) in [6.07, 6.45) is 3.86. The van der Waals surface area contributed by atoms with E-state index in [1.165, 1.54) is 5.56 Å². The van der Waals surface area contributed by atoms with Crippen LogP contribution in [0.1, 0.15) is 55.6 Å². The van der Waals surface area contributed by atoms with E-state index in [0.717, 1.165) is 54.5 Å². The number of carbonyl (C=O) groups is 1. The van der Waals surface area contributed by atoms with E-state index < -0.39 is 0 Å². The average molecular weight is 447 g/mol. The van der Waals surface area contributed by atoms with Crippen LogP contribution in [0.2, 0.25) is 0 Å². The molecule has 1 aliphatic heterocycles. The molecular weight excluding hydrogens is 412 g/mol. The second kappa shape index (κ2) is 10.2. The molecule has 4 rings (SSSR count). The van der Waals surface area contributed by atoms with Crippen molar-refractivity contribution in [1.82, 2.24) is 19.7 Å². The minimum atomic E-state index is -0.00280. The van der Waals surface area contributed by atoms with E-state index in [1.54, 1.807) is 6.20 Å². The summed E-state index contributed by atoms with van der Waals surface area (Å²) < 4.78 is 1.83. The Balaban J connectivity index is 1.40. The zero-order valence-electron chi connectivity index (χ0n) is 20.0. The first kappa shape index (κ1) is 23.0. The van der Waals surface area contributed by atoms with Gasteiger partial charge < -0.3 is 10.6 Å². The lowest BCUT2D eigenvalue weighted by molar-refractivity contribution is -0.117. The summed E-state index contributed by atoms with van der Waals surface area (Å²) in [5.74, 6) is 1.05. The van der Waals surface area contributed by atoms with Gasteiger partial charge in [-0.15, -0.1) is 0 Å². The van der Waals surface area contributed by atoms with Crippen molar-refractivity contribution >= 4 is 23.1 Å². The average Bonchev–Trinajstić information content (AvgIpc) is 3.23. The summed E-state index contributed by atoms with van der Waals surface area (Å²) in [6.45, 7) is 10.4. The molecule has 0 saturated carbocycles. The van der Waals surface area contributed by atoms with E-state index in [4.69, 9.17) is 4.98 Å². The van der Waals surface area contributed by atoms with Crippen molar-refractivity contribution in [2.24, 2.45) is 0 Å². The number of rotatable bonds is 7. The Morgan fingerprint density at radius 1 is 1.12 bits per heavy atom. The van der Waals surface area contributed by atoms with Gasteiger partial charge in [-0.2, -0.15) is 5.10 Å². The molecule has 1 saturated heterocycles. The van der Waals surface area contributed by atoms with Crippen LogP contribution in [-0.2, 0) is 4.79 Å². The molecule has 174 valence electrons. The molecule has 0 bridgehead atoms. The SMILES string of the molecule is Cc1ccc(Nc2cc(C)nc(C3CCCN(CC(=O)Nc4ccnn4C(C)C)C3)c2)cc1. The van der Waals surface area contributed by atoms with Crippen LogP contribution >= 0.6 is 0 Å². The van der Waals surface area contributed by atoms with Gasteiger partial charge in [-0.05, 0) is 71.3 Å². The zero-order valence-corrected chi connectivity index (χ0v) is 20.0. The maximum atomic E-state index is 12.7. The van der Waals surface area contributed by atoms with E-state index in [-0.39, 0.29) is 11.9 Å². The molecule has 1 fully saturated rings. The molecule has 1 amide bonds. The highest BCUT2D eigenvalue weighted by molar-refractivity contribution is 5.91. The lowest BCUT2D eigenvalue weighted by Gasteiger charge is -2.32. The third-order valence-corrected chi connectivity index (χ3v) is 6.03. The van der Waals surface area contributed by atoms with Crippen LogP contribution in [0.5, 0.6) is 0 Å². The number of likely N-dealkylation sites (tertiary alicyclic amines) is 1. The van der Waals surface area contributed by atoms with Crippen molar-refractivity contribution in [2.45, 2.75) is 52.5 Å². The van der Waals surface area contributed by atoms with Crippen molar-refractivity contribution in [1.29, 1.82) is 0 Å². The molecule has 7 heteroatoms. The van der Waals surface area contributed by atoms with Crippen LogP contribution in [0.3, 0.4) is 0 Å². The lowest BCUT2D eigenvalue weighted by atomic mass is 9.93. The second-order valence-electron chi connectivity index (χ2n) is 9.29. The number of hydrogen-bond acceptors (Lipinski definition) is 5. The Hall–Kier alpha value is -3.19. The van der Waals surface area contributed by atoms with Crippen LogP contribution in [-0.4, -0.2) is 45.2 Å². The molecule has 1 aliphatic rings. The third kappa shape index (κ3) is 5.99. The van der Waals surface area contributed by atoms with Crippen LogP contribution in [0.25, 0.3) is 0 Å². The summed E-state index contributed by atoms with van der Waals surface area (Å²) in [5.41, 5.74) is 5.46. The molecular formula is C26H34N6O. The topological polar surface area (TPSA) is 75.1 Å². The summed E-state index contributed by atoms with van der Waals surface area (Å²) in [4.78, 5) is 19.8. The molecule has 2 aromatic heterocycles. The summed E-state index contributed by atoms with van der Waals surface area (Å²) in [5, 5.41) is 10.8. The summed E-state index contributed by atoms with van der Waals surface area (Å²) in [7, 11) is 0. The number of amides is 1. The minimum Gasteiger partial charge on any atom is -0.355 e. The van der Waals surface area contributed by atoms with Crippen molar-refractivity contribution in [3.63, 3.8) is 0 Å². The lowest BCUT2D eigenvalue weighted by Crippen LogP contribution is -2.40. The zero-order chi connectivity index (χ0) is 23.4. The molecule has 1 atom stereocenters. The Morgan fingerprint density at radius 3 is 2.67 bits per heavy atom. The van der Waals surface area contributed by atoms with Crippen LogP contribution in [0.4, 0.5) is 17.2 Å². The highest BCUT2D eigenvalue weighted by Crippen LogP contribution is 2.29. The molecule has 0 radical (unpaired) electrons. The predicted octanol–water partition coefficient (Wildman–Crippen LogP) is 5.04. The second-order valence-corrected chi connectivity index (χ2v) is 9.29. The minimum absolute atomic E-state index is 0.00280. The van der Waals surface area contributed by atoms with Crippen LogP contribution in [0, 0.1) is 13.8 Å². The largest absolute Gasteiger partial charge is 0.355 e. The fourth-order valence-electron chi connectivity index (χ4n) is 4.43. The van der Waals surface area contributed by atoms with Crippen molar-refractivity contribution < 1.29 is 4.79 Å². The number of nitrogens with zero attached hydrogens (tertiary/aromatic N) is 4. The number of nitrogens with one attached hydrogen (secondary N) is 2. The number of aromatic nitrogens is 3. The first-order valence-corrected chi connectivity index (χ1v) is 11.8. The smallest absolute Gasteiger partial charge is 0.239 e. The van der Waals surface area contributed by atoms with Crippen molar-refractivity contribution in [2.75, 3.05) is 30.3 Å². The number of piperidine rings is 1. The number of benzene rings is 1. The van der Waals surface area contributed by atoms with E-state index in [0.29, 0.717) is 12.5 Å². The van der Waals surface area contributed by atoms with Gasteiger partial charge in [0.2, 0.25) is 5.91 Å². The fraction of sp³-hybridized carbons (Fsp3) is 0.423. The predicted molar refractivity (Wildman–Crippen MR) is 133 cm³/mol. The Bertz CT molecular complexity index is 1090. The van der Waals surface area contributed by atoms with Gasteiger partial charge >= 0.3 is 0 Å². The van der Waals surface area contributed by atoms with Crippen molar-refractivity contribution in [3.05, 3.63) is 65.6 Å². The highest BCUT2D eigenvalue weighted by Gasteiger charge is 2.24. The van der Waals surface area contributed by atoms with Gasteiger partial charge in [0.05, 0.1) is 12.7 Å². The molecule has 2 N–H and O–H groups in total. The third-order valence-electron chi connectivity index (χ3n) is 6.03. The normalized spacial score (nSPS) is 16.7. The Kier molecular flexibility index (Phi) is 7.08. The van der Waals surface area contributed by atoms with Gasteiger partial charge in [-0.3, -0.25) is 14.7 Å². The number of hydrogen-bond donors (Lipinski definition) is 2. The van der Waals surface area contributed by atoms with Gasteiger partial charge in [0.25, 0.3) is 0 Å². The molecule has 1 unspecified atom stereocenters. The number of anilines is 3. The first-order valence-electron chi connectivity index (χ1n) is 11.8. The number of aryl methyl sites for hydroxylation is 2. The van der Waals surface area contributed by atoms with Crippen LogP contribution in [0.15, 0.2) is 48.7 Å². The molecule has 3 heterocycles. The van der Waals surface area contributed by atoms with Crippen LogP contribution < -0.4 is 10.6 Å². The van der Waals surface area contributed by atoms with Gasteiger partial charge in [-0.25, -0.2) is 4.68 Å². The van der Waals surface area contributed by atoms with E-state index >= 15 is 0 Å². The first-order chi connectivity index (χ1) is 15.9. The fourth-order valence-corrected chi connectivity index (χ4v) is 4.43. The maximum absolute atomic E-state index is 12.7. The van der Waals surface area contributed by atoms with Gasteiger partial charge in [-0.1, -0.05) is 17.7 Å². The van der Waals surface area contributed by atoms with E-state index in [1.807, 2.05) is 17.7 Å². The van der Waals surface area contributed by atoms with Gasteiger partial charge in [0.1, 0.15) is 5.82 Å². The molecule has 3 aromatic rings. The van der Waals surface area contributed by atoms with Gasteiger partial charge in [0.15, 0.2) is 0 Å². The molecule has 1 aromatic carbocycles. The monoisotopic (exact) mass is 446 g/mol. The molecule has 0 spiro atoms. The van der Waals surface area contributed by atoms with E-state index in [2.05, 4.69) is 77.8 Å². The Morgan fingerprint density at radius 2 is 1.91 bits per heavy atom. The quantitative estimate of drug-likeness (QED) is 0.532. The highest BCUT2D eigenvalue weighted by atomic mass is 16.2. The molecule has 0 aliphatic carbocycles. The maximum Gasteiger partial charge on any atom is 0.239 e. The number of carbonyl (C=O) groups excluding carboxylic acids is 1. The number of pyridine rings is 1.